The van der Waals surface area contributed by atoms with Crippen molar-refractivity contribution in [3.8, 4) is 0 Å². The van der Waals surface area contributed by atoms with Crippen molar-refractivity contribution >= 4 is 39.2 Å². The summed E-state index contributed by atoms with van der Waals surface area (Å²) >= 11 is 9.35. The Hall–Kier alpha value is -1.11. The van der Waals surface area contributed by atoms with Crippen LogP contribution in [-0.4, -0.2) is 16.2 Å². The van der Waals surface area contributed by atoms with Crippen LogP contribution in [0.1, 0.15) is 18.7 Å². The Balaban J connectivity index is 1.63. The number of benzene rings is 1. The molecule has 1 saturated carbocycles. The van der Waals surface area contributed by atoms with Gasteiger partial charge in [0.15, 0.2) is 0 Å². The van der Waals surface area contributed by atoms with E-state index in [2.05, 4.69) is 36.8 Å². The van der Waals surface area contributed by atoms with E-state index in [1.165, 1.54) is 12.8 Å². The van der Waals surface area contributed by atoms with Crippen LogP contribution in [0.4, 0.5) is 11.7 Å². The van der Waals surface area contributed by atoms with Gasteiger partial charge in [0.05, 0.1) is 11.6 Å². The number of nitrogens with one attached hydrogen (secondary N) is 2. The maximum absolute atomic E-state index is 6.01. The van der Waals surface area contributed by atoms with Crippen LogP contribution in [0, 0.1) is 0 Å². The van der Waals surface area contributed by atoms with Crippen molar-refractivity contribution in [2.75, 3.05) is 5.32 Å². The maximum Gasteiger partial charge on any atom is 0.320 e. The quantitative estimate of drug-likeness (QED) is 0.870. The van der Waals surface area contributed by atoms with Gasteiger partial charge in [-0.3, -0.25) is 0 Å². The van der Waals surface area contributed by atoms with E-state index in [4.69, 9.17) is 16.0 Å². The number of halogens is 2. The molecular formula is C12H12BrClN4O. The molecule has 100 valence electrons. The summed E-state index contributed by atoms with van der Waals surface area (Å²) in [5, 5.41) is 14.9. The van der Waals surface area contributed by atoms with Gasteiger partial charge in [0.25, 0.3) is 0 Å². The van der Waals surface area contributed by atoms with Crippen molar-refractivity contribution in [2.24, 2.45) is 0 Å². The van der Waals surface area contributed by atoms with Crippen molar-refractivity contribution in [3.05, 3.63) is 33.6 Å². The monoisotopic (exact) mass is 342 g/mol. The second kappa shape index (κ2) is 5.48. The fraction of sp³-hybridized carbons (Fsp3) is 0.333. The third-order valence-corrected chi connectivity index (χ3v) is 3.99. The van der Waals surface area contributed by atoms with E-state index in [1.807, 2.05) is 12.1 Å². The molecule has 1 aromatic carbocycles. The Morgan fingerprint density at radius 1 is 1.37 bits per heavy atom. The third kappa shape index (κ3) is 3.46. The fourth-order valence-electron chi connectivity index (χ4n) is 1.59. The molecule has 1 aromatic heterocycles. The lowest BCUT2D eigenvalue weighted by Crippen LogP contribution is -2.15. The van der Waals surface area contributed by atoms with Gasteiger partial charge < -0.3 is 15.1 Å². The minimum absolute atomic E-state index is 0.367. The molecule has 0 atom stereocenters. The zero-order valence-corrected chi connectivity index (χ0v) is 12.3. The van der Waals surface area contributed by atoms with Gasteiger partial charge in [-0.2, -0.15) is 0 Å². The van der Waals surface area contributed by atoms with E-state index in [0.29, 0.717) is 29.5 Å². The highest BCUT2D eigenvalue weighted by Gasteiger charge is 2.21. The van der Waals surface area contributed by atoms with Gasteiger partial charge >= 0.3 is 6.01 Å². The molecule has 1 fully saturated rings. The van der Waals surface area contributed by atoms with Crippen molar-refractivity contribution in [1.29, 1.82) is 0 Å². The average molecular weight is 344 g/mol. The van der Waals surface area contributed by atoms with Crippen LogP contribution in [0.15, 0.2) is 27.1 Å². The summed E-state index contributed by atoms with van der Waals surface area (Å²) in [5.74, 6) is 0.581. The minimum Gasteiger partial charge on any atom is -0.406 e. The molecule has 1 aliphatic carbocycles. The Labute approximate surface area is 123 Å². The molecule has 1 heterocycles. The third-order valence-electron chi connectivity index (χ3n) is 2.76. The average Bonchev–Trinajstić information content (AvgIpc) is 3.12. The van der Waals surface area contributed by atoms with Crippen LogP contribution in [-0.2, 0) is 6.54 Å². The minimum atomic E-state index is 0.367. The Morgan fingerprint density at radius 2 is 2.21 bits per heavy atom. The van der Waals surface area contributed by atoms with E-state index in [0.717, 1.165) is 10.2 Å². The molecular weight excluding hydrogens is 332 g/mol. The molecule has 2 aromatic rings. The Bertz CT molecular complexity index is 585. The summed E-state index contributed by atoms with van der Waals surface area (Å²) in [6.07, 6.45) is 2.47. The predicted molar refractivity (Wildman–Crippen MR) is 76.6 cm³/mol. The molecule has 1 aliphatic rings. The van der Waals surface area contributed by atoms with Crippen LogP contribution in [0.3, 0.4) is 0 Å². The molecule has 0 radical (unpaired) electrons. The first-order valence-corrected chi connectivity index (χ1v) is 7.15. The van der Waals surface area contributed by atoms with Crippen LogP contribution < -0.4 is 10.6 Å². The number of anilines is 2. The van der Waals surface area contributed by atoms with E-state index >= 15 is 0 Å². The highest BCUT2D eigenvalue weighted by molar-refractivity contribution is 9.10. The highest BCUT2D eigenvalue weighted by Crippen LogP contribution is 2.27. The zero-order valence-electron chi connectivity index (χ0n) is 9.99. The second-order valence-electron chi connectivity index (χ2n) is 4.41. The molecule has 7 heteroatoms. The van der Waals surface area contributed by atoms with Gasteiger partial charge in [-0.05, 0) is 47.0 Å². The van der Waals surface area contributed by atoms with Crippen LogP contribution in [0.25, 0.3) is 0 Å². The Kier molecular flexibility index (Phi) is 3.72. The summed E-state index contributed by atoms with van der Waals surface area (Å²) in [6, 6.07) is 6.51. The van der Waals surface area contributed by atoms with Crippen LogP contribution in [0.2, 0.25) is 5.02 Å². The molecule has 2 N–H and O–H groups in total. The SMILES string of the molecule is Clc1cc(Nc2nnc(CNC3CC3)o2)ccc1Br. The standard InChI is InChI=1S/C12H12BrClN4O/c13-9-4-3-8(5-10(9)14)16-12-18-17-11(19-12)6-15-7-1-2-7/h3-5,7,15H,1-2,6H2,(H,16,18). The molecule has 0 aliphatic heterocycles. The fourth-order valence-corrected chi connectivity index (χ4v) is 2.02. The summed E-state index contributed by atoms with van der Waals surface area (Å²) in [5.41, 5.74) is 0.804. The number of rotatable bonds is 5. The summed E-state index contributed by atoms with van der Waals surface area (Å²) in [7, 11) is 0. The van der Waals surface area contributed by atoms with Gasteiger partial charge in [0.1, 0.15) is 0 Å². The molecule has 5 nitrogen and oxygen atoms in total. The summed E-state index contributed by atoms with van der Waals surface area (Å²) in [4.78, 5) is 0. The van der Waals surface area contributed by atoms with E-state index in [1.54, 1.807) is 6.07 Å². The molecule has 0 saturated heterocycles. The lowest BCUT2D eigenvalue weighted by molar-refractivity contribution is 0.478. The van der Waals surface area contributed by atoms with Crippen molar-refractivity contribution in [3.63, 3.8) is 0 Å². The highest BCUT2D eigenvalue weighted by atomic mass is 79.9. The Morgan fingerprint density at radius 3 is 2.95 bits per heavy atom. The summed E-state index contributed by atoms with van der Waals surface area (Å²) in [6.45, 7) is 0.612. The van der Waals surface area contributed by atoms with Gasteiger partial charge in [-0.25, -0.2) is 0 Å². The first-order valence-electron chi connectivity index (χ1n) is 5.98. The van der Waals surface area contributed by atoms with E-state index < -0.39 is 0 Å². The van der Waals surface area contributed by atoms with E-state index in [-0.39, 0.29) is 0 Å². The van der Waals surface area contributed by atoms with Crippen molar-refractivity contribution < 1.29 is 4.42 Å². The molecule has 0 spiro atoms. The maximum atomic E-state index is 6.01. The number of aromatic nitrogens is 2. The summed E-state index contributed by atoms with van der Waals surface area (Å²) < 4.78 is 6.33. The number of nitrogens with zero attached hydrogens (tertiary/aromatic N) is 2. The van der Waals surface area contributed by atoms with Crippen LogP contribution in [0.5, 0.6) is 0 Å². The zero-order chi connectivity index (χ0) is 13.2. The molecule has 19 heavy (non-hydrogen) atoms. The van der Waals surface area contributed by atoms with Crippen molar-refractivity contribution in [1.82, 2.24) is 15.5 Å². The largest absolute Gasteiger partial charge is 0.406 e. The second-order valence-corrected chi connectivity index (χ2v) is 5.67. The van der Waals surface area contributed by atoms with E-state index in [9.17, 15) is 0 Å². The normalized spacial score (nSPS) is 14.6. The van der Waals surface area contributed by atoms with Gasteiger partial charge in [0, 0.05) is 16.2 Å². The van der Waals surface area contributed by atoms with Gasteiger partial charge in [-0.15, -0.1) is 5.10 Å². The van der Waals surface area contributed by atoms with Gasteiger partial charge in [-0.1, -0.05) is 16.7 Å². The molecule has 0 amide bonds. The lowest BCUT2D eigenvalue weighted by Gasteiger charge is -2.02. The lowest BCUT2D eigenvalue weighted by atomic mass is 10.3. The molecule has 3 rings (SSSR count). The first kappa shape index (κ1) is 12.9. The van der Waals surface area contributed by atoms with Crippen molar-refractivity contribution in [2.45, 2.75) is 25.4 Å². The topological polar surface area (TPSA) is 63.0 Å². The number of hydrogen-bond acceptors (Lipinski definition) is 5. The smallest absolute Gasteiger partial charge is 0.320 e. The number of hydrogen-bond donors (Lipinski definition) is 2. The first-order chi connectivity index (χ1) is 9.20. The molecule has 0 unspecified atom stereocenters. The van der Waals surface area contributed by atoms with Gasteiger partial charge in [0.2, 0.25) is 5.89 Å². The van der Waals surface area contributed by atoms with Crippen LogP contribution >= 0.6 is 27.5 Å². The molecule has 0 bridgehead atoms. The predicted octanol–water partition coefficient (Wildman–Crippen LogP) is 3.48.